The van der Waals surface area contributed by atoms with Crippen LogP contribution in [0.2, 0.25) is 0 Å². The van der Waals surface area contributed by atoms with Gasteiger partial charge in [0.25, 0.3) is 0 Å². The summed E-state index contributed by atoms with van der Waals surface area (Å²) in [6.45, 7) is 18.9. The second-order valence-electron chi connectivity index (χ2n) is 20.7. The maximum atomic E-state index is 2.53. The van der Waals surface area contributed by atoms with Crippen molar-refractivity contribution in [3.63, 3.8) is 0 Å². The molecule has 0 spiro atoms. The first-order valence-electron chi connectivity index (χ1n) is 25.9. The number of benzene rings is 8. The van der Waals surface area contributed by atoms with Crippen LogP contribution in [0.3, 0.4) is 0 Å². The van der Waals surface area contributed by atoms with Gasteiger partial charge in [-0.15, -0.1) is 0 Å². The van der Waals surface area contributed by atoms with E-state index in [1.54, 1.807) is 65.3 Å². The predicted octanol–water partition coefficient (Wildman–Crippen LogP) is 8.70. The van der Waals surface area contributed by atoms with Gasteiger partial charge in [-0.1, -0.05) is 0 Å². The summed E-state index contributed by atoms with van der Waals surface area (Å²) in [4.78, 5) is 0. The molecule has 8 aromatic rings. The van der Waals surface area contributed by atoms with Crippen molar-refractivity contribution in [1.29, 1.82) is 0 Å². The van der Waals surface area contributed by atoms with Gasteiger partial charge in [-0.05, 0) is 0 Å². The molecular formula is C68H64Cl2Hf2Si2-2. The normalized spacial score (nSPS) is 17.3. The summed E-state index contributed by atoms with van der Waals surface area (Å²) >= 11 is -5.31. The fraction of sp³-hybridized carbons (Fsp3) is 0.176. The van der Waals surface area contributed by atoms with E-state index in [4.69, 9.17) is 0 Å². The van der Waals surface area contributed by atoms with Crippen molar-refractivity contribution in [2.75, 3.05) is 0 Å². The average Bonchev–Trinajstić information content (AvgIpc) is 4.14. The van der Waals surface area contributed by atoms with Crippen molar-refractivity contribution >= 4 is 56.0 Å². The van der Waals surface area contributed by atoms with Crippen molar-refractivity contribution in [2.45, 2.75) is 70.1 Å². The zero-order valence-electron chi connectivity index (χ0n) is 43.8. The Kier molecular flexibility index (Phi) is 17.1. The summed E-state index contributed by atoms with van der Waals surface area (Å²) in [5, 5.41) is 6.38. The molecule has 0 aliphatic heterocycles. The number of rotatable bonds is 8. The Hall–Kier alpha value is -4.53. The maximum Gasteiger partial charge on any atom is -1.00 e. The number of allylic oxidation sites excluding steroid dienone is 4. The van der Waals surface area contributed by atoms with Crippen LogP contribution >= 0.6 is 0 Å². The number of fused-ring (bicyclic) bond motifs is 4. The first kappa shape index (κ1) is 54.3. The predicted molar refractivity (Wildman–Crippen MR) is 306 cm³/mol. The maximum absolute atomic E-state index is 2.66. The van der Waals surface area contributed by atoms with E-state index < -0.39 is 51.1 Å². The molecule has 0 fully saturated rings. The molecule has 74 heavy (non-hydrogen) atoms. The van der Waals surface area contributed by atoms with E-state index in [9.17, 15) is 0 Å². The van der Waals surface area contributed by atoms with E-state index in [1.165, 1.54) is 44.5 Å². The molecule has 4 aliphatic carbocycles. The molecule has 4 unspecified atom stereocenters. The van der Waals surface area contributed by atoms with Crippen LogP contribution in [-0.2, 0) is 40.1 Å². The van der Waals surface area contributed by atoms with Crippen LogP contribution in [0.1, 0.15) is 109 Å². The van der Waals surface area contributed by atoms with Crippen LogP contribution in [-0.4, -0.2) is 11.0 Å². The zero-order valence-corrected chi connectivity index (χ0v) is 54.5. The van der Waals surface area contributed by atoms with Gasteiger partial charge in [0.2, 0.25) is 0 Å². The van der Waals surface area contributed by atoms with Crippen molar-refractivity contribution < 1.29 is 64.9 Å². The van der Waals surface area contributed by atoms with E-state index in [-0.39, 0.29) is 24.8 Å². The minimum Gasteiger partial charge on any atom is -1.00 e. The molecular weight excluding hydrogens is 1300 g/mol. The SMILES string of the molecule is CC1=Cc2c(C)cccc2[CH]1[Hf]([CH]1C(C)=Cc2c(C)cccc21)=[Si](c1ccccc1)c1ccccc1.CC1=Cc2c(C)cccc2[CH]1[Hf]([CH]1C(C)=Cc2c(C)cccc21)=[Si](c1ccccc1)c1ccccc1.[Cl-].[Cl-]. The molecule has 0 radical (unpaired) electrons. The van der Waals surface area contributed by atoms with Crippen LogP contribution in [0.25, 0.3) is 24.3 Å². The third-order valence-corrected chi connectivity index (χ3v) is 75.1. The van der Waals surface area contributed by atoms with Gasteiger partial charge >= 0.3 is 449 Å². The molecule has 0 heterocycles. The second-order valence-corrected chi connectivity index (χ2v) is 59.6. The number of hydrogen-bond acceptors (Lipinski definition) is 0. The third kappa shape index (κ3) is 10.1. The molecule has 0 saturated carbocycles. The van der Waals surface area contributed by atoms with Gasteiger partial charge < -0.3 is 24.8 Å². The van der Waals surface area contributed by atoms with Gasteiger partial charge in [0.05, 0.1) is 0 Å². The molecule has 0 nitrogen and oxygen atoms in total. The Bertz CT molecular complexity index is 3130. The van der Waals surface area contributed by atoms with Gasteiger partial charge in [-0.2, -0.15) is 0 Å². The van der Waals surface area contributed by atoms with E-state index in [2.05, 4.69) is 274 Å². The molecule has 6 heteroatoms. The van der Waals surface area contributed by atoms with Crippen LogP contribution in [0, 0.1) is 27.7 Å². The summed E-state index contributed by atoms with van der Waals surface area (Å²) in [6, 6.07) is 74.4. The Morgan fingerprint density at radius 2 is 0.459 bits per heavy atom. The molecule has 0 bridgehead atoms. The summed E-state index contributed by atoms with van der Waals surface area (Å²) < 4.78 is 2.44. The quantitative estimate of drug-likeness (QED) is 0.134. The standard InChI is InChI=1S/2C12H10Si.4C11H11.2ClH.2Hf/c2*1-3-7-11(8-4-1)13-12-9-5-2-6-10-12;4*1-8-6-10-5-3-4-9(2)11(10)7-8;;;;/h2*1-10H;4*3-7H,1-2H3;2*1H;;/p-2. The fourth-order valence-corrected chi connectivity index (χ4v) is 83.7. The summed E-state index contributed by atoms with van der Waals surface area (Å²) in [5.74, 6) is 0. The van der Waals surface area contributed by atoms with Gasteiger partial charge in [0.1, 0.15) is 0 Å². The van der Waals surface area contributed by atoms with Crippen molar-refractivity contribution in [3.05, 3.63) is 283 Å². The molecule has 0 saturated heterocycles. The van der Waals surface area contributed by atoms with Crippen LogP contribution in [0.4, 0.5) is 0 Å². The van der Waals surface area contributed by atoms with Crippen LogP contribution < -0.4 is 45.6 Å². The zero-order chi connectivity index (χ0) is 49.6. The van der Waals surface area contributed by atoms with Gasteiger partial charge in [0.15, 0.2) is 0 Å². The summed E-state index contributed by atoms with van der Waals surface area (Å²) in [6.07, 6.45) is 10.1. The van der Waals surface area contributed by atoms with Crippen molar-refractivity contribution in [2.24, 2.45) is 0 Å². The van der Waals surface area contributed by atoms with E-state index >= 15 is 0 Å². The molecule has 0 amide bonds. The van der Waals surface area contributed by atoms with E-state index in [1.807, 2.05) is 0 Å². The van der Waals surface area contributed by atoms with Gasteiger partial charge in [-0.25, -0.2) is 0 Å². The molecule has 0 N–H and O–H groups in total. The molecule has 4 atom stereocenters. The molecule has 8 aromatic carbocycles. The Labute approximate surface area is 469 Å². The molecule has 368 valence electrons. The monoisotopic (exact) mass is 1370 g/mol. The van der Waals surface area contributed by atoms with E-state index in [0.717, 1.165) is 0 Å². The minimum absolute atomic E-state index is 0. The first-order valence-corrected chi connectivity index (χ1v) is 48.0. The van der Waals surface area contributed by atoms with Crippen LogP contribution in [0.15, 0.2) is 216 Å². The van der Waals surface area contributed by atoms with Crippen molar-refractivity contribution in [1.82, 2.24) is 0 Å². The number of hydrogen-bond donors (Lipinski definition) is 0. The third-order valence-electron chi connectivity index (χ3n) is 16.1. The second kappa shape index (κ2) is 23.4. The summed E-state index contributed by atoms with van der Waals surface area (Å²) in [7, 11) is 0. The Morgan fingerprint density at radius 3 is 0.662 bits per heavy atom. The van der Waals surface area contributed by atoms with Crippen molar-refractivity contribution in [3.8, 4) is 0 Å². The van der Waals surface area contributed by atoms with Gasteiger partial charge in [-0.3, -0.25) is 0 Å². The topological polar surface area (TPSA) is 0 Å². The number of halogens is 2. The summed E-state index contributed by atoms with van der Waals surface area (Å²) in [5.41, 5.74) is 22.6. The largest absolute Gasteiger partial charge is 1.00 e. The Balaban J connectivity index is 0.000000177. The molecule has 12 rings (SSSR count). The first-order chi connectivity index (χ1) is 35.1. The fourth-order valence-electron chi connectivity index (χ4n) is 12.8. The van der Waals surface area contributed by atoms with Crippen LogP contribution in [0.5, 0.6) is 0 Å². The molecule has 4 aliphatic rings. The average molecular weight is 1370 g/mol. The number of aryl methyl sites for hydroxylation is 4. The van der Waals surface area contributed by atoms with E-state index in [0.29, 0.717) is 14.7 Å². The Morgan fingerprint density at radius 1 is 0.257 bits per heavy atom. The minimum atomic E-state index is -2.66. The van der Waals surface area contributed by atoms with Gasteiger partial charge in [0, 0.05) is 0 Å². The smallest absolute Gasteiger partial charge is 1.00 e. The molecule has 0 aromatic heterocycles.